The Balaban J connectivity index is 3.16. The van der Waals surface area contributed by atoms with Crippen molar-refractivity contribution in [3.63, 3.8) is 0 Å². The highest BCUT2D eigenvalue weighted by Gasteiger charge is 1.97. The van der Waals surface area contributed by atoms with Gasteiger partial charge in [0.2, 0.25) is 0 Å². The standard InChI is InChI=1S/C5H8O2S/c6-3-1-5(8)2-4-7/h3-5,8H,1-2H2. The first-order valence-corrected chi connectivity index (χ1v) is 2.88. The molecule has 0 rings (SSSR count). The lowest BCUT2D eigenvalue weighted by molar-refractivity contribution is -0.108. The summed E-state index contributed by atoms with van der Waals surface area (Å²) in [6.45, 7) is 0. The van der Waals surface area contributed by atoms with Crippen LogP contribution in [0.1, 0.15) is 12.8 Å². The first-order chi connectivity index (χ1) is 3.81. The van der Waals surface area contributed by atoms with Crippen molar-refractivity contribution in [2.45, 2.75) is 18.1 Å². The first-order valence-electron chi connectivity index (χ1n) is 2.36. The molecule has 46 valence electrons. The molecule has 0 heterocycles. The van der Waals surface area contributed by atoms with Gasteiger partial charge in [0.1, 0.15) is 12.6 Å². The molecule has 0 spiro atoms. The summed E-state index contributed by atoms with van der Waals surface area (Å²) in [6, 6.07) is 0. The van der Waals surface area contributed by atoms with Crippen molar-refractivity contribution < 1.29 is 9.59 Å². The molecule has 0 saturated carbocycles. The quantitative estimate of drug-likeness (QED) is 0.445. The lowest BCUT2D eigenvalue weighted by Crippen LogP contribution is -1.98. The highest BCUT2D eigenvalue weighted by Crippen LogP contribution is 2.00. The summed E-state index contributed by atoms with van der Waals surface area (Å²) in [4.78, 5) is 19.5. The molecular weight excluding hydrogens is 124 g/mol. The van der Waals surface area contributed by atoms with E-state index in [-0.39, 0.29) is 5.25 Å². The van der Waals surface area contributed by atoms with E-state index < -0.39 is 0 Å². The van der Waals surface area contributed by atoms with Gasteiger partial charge in [0.25, 0.3) is 0 Å². The SMILES string of the molecule is O=CCC(S)CC=O. The van der Waals surface area contributed by atoms with Crippen LogP contribution in [0.5, 0.6) is 0 Å². The number of carbonyl (C=O) groups excluding carboxylic acids is 2. The van der Waals surface area contributed by atoms with Crippen LogP contribution in [0, 0.1) is 0 Å². The lowest BCUT2D eigenvalue weighted by Gasteiger charge is -1.96. The van der Waals surface area contributed by atoms with Crippen LogP contribution >= 0.6 is 12.6 Å². The molecule has 0 radical (unpaired) electrons. The van der Waals surface area contributed by atoms with E-state index >= 15 is 0 Å². The zero-order chi connectivity index (χ0) is 6.41. The van der Waals surface area contributed by atoms with Crippen LogP contribution in [0.3, 0.4) is 0 Å². The van der Waals surface area contributed by atoms with Crippen LogP contribution in [0.4, 0.5) is 0 Å². The van der Waals surface area contributed by atoms with E-state index in [0.29, 0.717) is 12.8 Å². The fraction of sp³-hybridized carbons (Fsp3) is 0.600. The van der Waals surface area contributed by atoms with E-state index in [2.05, 4.69) is 12.6 Å². The molecule has 8 heavy (non-hydrogen) atoms. The Kier molecular flexibility index (Phi) is 4.65. The summed E-state index contributed by atoms with van der Waals surface area (Å²) in [5, 5.41) is -0.0787. The maximum atomic E-state index is 9.73. The second-order valence-electron chi connectivity index (χ2n) is 1.46. The lowest BCUT2D eigenvalue weighted by atomic mass is 10.2. The zero-order valence-electron chi connectivity index (χ0n) is 4.41. The zero-order valence-corrected chi connectivity index (χ0v) is 5.30. The van der Waals surface area contributed by atoms with Crippen molar-refractivity contribution >= 4 is 25.2 Å². The van der Waals surface area contributed by atoms with Crippen molar-refractivity contribution in [2.24, 2.45) is 0 Å². The van der Waals surface area contributed by atoms with Crippen molar-refractivity contribution in [3.05, 3.63) is 0 Å². The van der Waals surface area contributed by atoms with E-state index in [1.165, 1.54) is 0 Å². The summed E-state index contributed by atoms with van der Waals surface area (Å²) in [6.07, 6.45) is 2.26. The maximum Gasteiger partial charge on any atom is 0.121 e. The van der Waals surface area contributed by atoms with Crippen LogP contribution in [-0.2, 0) is 9.59 Å². The minimum absolute atomic E-state index is 0.0787. The largest absolute Gasteiger partial charge is 0.303 e. The molecule has 0 aliphatic heterocycles. The van der Waals surface area contributed by atoms with Gasteiger partial charge in [0.15, 0.2) is 0 Å². The van der Waals surface area contributed by atoms with E-state index in [1.807, 2.05) is 0 Å². The molecule has 0 bridgehead atoms. The third-order valence-electron chi connectivity index (χ3n) is 0.737. The molecule has 0 aromatic carbocycles. The van der Waals surface area contributed by atoms with Crippen LogP contribution < -0.4 is 0 Å². The monoisotopic (exact) mass is 132 g/mol. The Hall–Kier alpha value is -0.310. The predicted molar refractivity (Wildman–Crippen MR) is 34.1 cm³/mol. The smallest absolute Gasteiger partial charge is 0.121 e. The van der Waals surface area contributed by atoms with Gasteiger partial charge >= 0.3 is 0 Å². The number of hydrogen-bond donors (Lipinski definition) is 1. The topological polar surface area (TPSA) is 34.1 Å². The third-order valence-corrected chi connectivity index (χ3v) is 1.16. The van der Waals surface area contributed by atoms with Crippen molar-refractivity contribution in [2.75, 3.05) is 0 Å². The number of carbonyl (C=O) groups is 2. The number of rotatable bonds is 4. The number of thiol groups is 1. The van der Waals surface area contributed by atoms with Gasteiger partial charge in [0, 0.05) is 18.1 Å². The molecule has 0 aliphatic rings. The summed E-state index contributed by atoms with van der Waals surface area (Å²) < 4.78 is 0. The Morgan fingerprint density at radius 1 is 1.25 bits per heavy atom. The number of hydrogen-bond acceptors (Lipinski definition) is 3. The fourth-order valence-corrected chi connectivity index (χ4v) is 0.491. The average molecular weight is 132 g/mol. The van der Waals surface area contributed by atoms with Gasteiger partial charge in [-0.1, -0.05) is 0 Å². The molecule has 0 atom stereocenters. The van der Waals surface area contributed by atoms with E-state index in [9.17, 15) is 9.59 Å². The van der Waals surface area contributed by atoms with Gasteiger partial charge < -0.3 is 9.59 Å². The second kappa shape index (κ2) is 4.84. The van der Waals surface area contributed by atoms with Crippen molar-refractivity contribution in [1.29, 1.82) is 0 Å². The summed E-state index contributed by atoms with van der Waals surface area (Å²) >= 11 is 3.93. The maximum absolute atomic E-state index is 9.73. The Bertz CT molecular complexity index is 72.5. The van der Waals surface area contributed by atoms with Crippen LogP contribution in [0.2, 0.25) is 0 Å². The first kappa shape index (κ1) is 7.69. The molecule has 0 fully saturated rings. The molecule has 3 heteroatoms. The van der Waals surface area contributed by atoms with Gasteiger partial charge in [-0.15, -0.1) is 0 Å². The van der Waals surface area contributed by atoms with E-state index in [4.69, 9.17) is 0 Å². The molecule has 0 unspecified atom stereocenters. The van der Waals surface area contributed by atoms with E-state index in [0.717, 1.165) is 12.6 Å². The van der Waals surface area contributed by atoms with Crippen LogP contribution in [0.15, 0.2) is 0 Å². The molecule has 0 aromatic rings. The van der Waals surface area contributed by atoms with Gasteiger partial charge in [-0.3, -0.25) is 0 Å². The fourth-order valence-electron chi connectivity index (χ4n) is 0.318. The van der Waals surface area contributed by atoms with Crippen LogP contribution in [-0.4, -0.2) is 17.8 Å². The minimum Gasteiger partial charge on any atom is -0.303 e. The Morgan fingerprint density at radius 2 is 1.62 bits per heavy atom. The summed E-state index contributed by atoms with van der Waals surface area (Å²) in [5.74, 6) is 0. The van der Waals surface area contributed by atoms with Gasteiger partial charge in [0.05, 0.1) is 0 Å². The minimum atomic E-state index is -0.0787. The van der Waals surface area contributed by atoms with Crippen molar-refractivity contribution in [3.8, 4) is 0 Å². The van der Waals surface area contributed by atoms with Gasteiger partial charge in [-0.2, -0.15) is 12.6 Å². The molecule has 0 saturated heterocycles. The summed E-state index contributed by atoms with van der Waals surface area (Å²) in [5.41, 5.74) is 0. The molecule has 0 aromatic heterocycles. The highest BCUT2D eigenvalue weighted by molar-refractivity contribution is 7.81. The molecule has 0 amide bonds. The average Bonchev–Trinajstić information content (AvgIpc) is 1.68. The van der Waals surface area contributed by atoms with Crippen molar-refractivity contribution in [1.82, 2.24) is 0 Å². The van der Waals surface area contributed by atoms with E-state index in [1.54, 1.807) is 0 Å². The number of aldehydes is 2. The molecular formula is C5H8O2S. The second-order valence-corrected chi connectivity index (χ2v) is 2.19. The van der Waals surface area contributed by atoms with Crippen LogP contribution in [0.25, 0.3) is 0 Å². The highest BCUT2D eigenvalue weighted by atomic mass is 32.1. The third kappa shape index (κ3) is 3.87. The summed E-state index contributed by atoms with van der Waals surface area (Å²) in [7, 11) is 0. The molecule has 2 nitrogen and oxygen atoms in total. The van der Waals surface area contributed by atoms with Gasteiger partial charge in [-0.25, -0.2) is 0 Å². The predicted octanol–water partition coefficient (Wildman–Crippen LogP) is 0.463. The van der Waals surface area contributed by atoms with Gasteiger partial charge in [-0.05, 0) is 0 Å². The molecule has 0 N–H and O–H groups in total. The normalized spacial score (nSPS) is 9.25. The Morgan fingerprint density at radius 3 is 1.88 bits per heavy atom. The molecule has 0 aliphatic carbocycles. The Labute approximate surface area is 53.7 Å².